The average Bonchev–Trinajstić information content (AvgIpc) is 2.38. The van der Waals surface area contributed by atoms with Crippen LogP contribution in [-0.4, -0.2) is 50.2 Å². The summed E-state index contributed by atoms with van der Waals surface area (Å²) in [6.07, 6.45) is 0. The summed E-state index contributed by atoms with van der Waals surface area (Å²) in [5.74, 6) is -1.40. The molecule has 0 spiro atoms. The number of nitrogens with zero attached hydrogens (tertiary/aromatic N) is 1. The van der Waals surface area contributed by atoms with Crippen LogP contribution in [0.1, 0.15) is 10.4 Å². The first kappa shape index (κ1) is 15.2. The summed E-state index contributed by atoms with van der Waals surface area (Å²) in [6, 6.07) is 2.88. The number of amides is 1. The molecule has 0 atom stereocenters. The van der Waals surface area contributed by atoms with E-state index in [1.807, 2.05) is 0 Å². The van der Waals surface area contributed by atoms with E-state index in [4.69, 9.17) is 10.5 Å². The maximum absolute atomic E-state index is 13.7. The Morgan fingerprint density at radius 2 is 2.15 bits per heavy atom. The molecule has 1 aromatic rings. The van der Waals surface area contributed by atoms with E-state index in [2.05, 4.69) is 26.1 Å². The maximum atomic E-state index is 13.7. The van der Waals surface area contributed by atoms with Crippen molar-refractivity contribution in [1.82, 2.24) is 4.90 Å². The Hall–Kier alpha value is -1.18. The predicted molar refractivity (Wildman–Crippen MR) is 78.4 cm³/mol. The summed E-state index contributed by atoms with van der Waals surface area (Å²) < 4.78 is 19.6. The van der Waals surface area contributed by atoms with E-state index in [1.165, 1.54) is 6.07 Å². The molecule has 1 heterocycles. The maximum Gasteiger partial charge on any atom is 0.253 e. The van der Waals surface area contributed by atoms with Crippen molar-refractivity contribution in [1.29, 1.82) is 0 Å². The highest BCUT2D eigenvalue weighted by molar-refractivity contribution is 9.10. The number of benzene rings is 1. The van der Waals surface area contributed by atoms with Gasteiger partial charge in [-0.25, -0.2) is 4.39 Å². The van der Waals surface area contributed by atoms with Gasteiger partial charge >= 0.3 is 0 Å². The number of primary amides is 1. The molecule has 0 radical (unpaired) electrons. The molecule has 7 heteroatoms. The number of nitrogens with two attached hydrogens (primary N) is 1. The highest BCUT2D eigenvalue weighted by atomic mass is 79.9. The molecule has 3 N–H and O–H groups in total. The van der Waals surface area contributed by atoms with Gasteiger partial charge in [0.25, 0.3) is 5.91 Å². The van der Waals surface area contributed by atoms with Crippen LogP contribution < -0.4 is 11.1 Å². The SMILES string of the molecule is NC(=O)c1c(F)cc(Br)cc1NCCN1CCOCC1. The molecular weight excluding hydrogens is 329 g/mol. The third kappa shape index (κ3) is 3.91. The fourth-order valence-electron chi connectivity index (χ4n) is 2.14. The largest absolute Gasteiger partial charge is 0.383 e. The van der Waals surface area contributed by atoms with Crippen molar-refractivity contribution in [3.63, 3.8) is 0 Å². The number of rotatable bonds is 5. The Balaban J connectivity index is 1.99. The monoisotopic (exact) mass is 345 g/mol. The third-order valence-corrected chi connectivity index (χ3v) is 3.61. The van der Waals surface area contributed by atoms with Crippen LogP contribution in [-0.2, 0) is 4.74 Å². The number of anilines is 1. The predicted octanol–water partition coefficient (Wildman–Crippen LogP) is 1.43. The van der Waals surface area contributed by atoms with E-state index in [-0.39, 0.29) is 5.56 Å². The number of morpholine rings is 1. The van der Waals surface area contributed by atoms with Crippen LogP contribution in [0.4, 0.5) is 10.1 Å². The molecule has 0 unspecified atom stereocenters. The number of hydrogen-bond donors (Lipinski definition) is 2. The van der Waals surface area contributed by atoms with Crippen LogP contribution in [0.3, 0.4) is 0 Å². The van der Waals surface area contributed by atoms with E-state index < -0.39 is 11.7 Å². The van der Waals surface area contributed by atoms with Gasteiger partial charge in [-0.3, -0.25) is 9.69 Å². The molecule has 1 aliphatic heterocycles. The molecule has 2 rings (SSSR count). The number of ether oxygens (including phenoxy) is 1. The van der Waals surface area contributed by atoms with Crippen molar-refractivity contribution < 1.29 is 13.9 Å². The molecule has 0 bridgehead atoms. The first-order chi connectivity index (χ1) is 9.58. The average molecular weight is 346 g/mol. The summed E-state index contributed by atoms with van der Waals surface area (Å²) in [5, 5.41) is 3.07. The van der Waals surface area contributed by atoms with Gasteiger partial charge in [-0.2, -0.15) is 0 Å². The van der Waals surface area contributed by atoms with Gasteiger partial charge in [-0.1, -0.05) is 15.9 Å². The molecule has 5 nitrogen and oxygen atoms in total. The summed E-state index contributed by atoms with van der Waals surface area (Å²) in [6.45, 7) is 4.65. The van der Waals surface area contributed by atoms with Gasteiger partial charge in [-0.15, -0.1) is 0 Å². The van der Waals surface area contributed by atoms with Crippen molar-refractivity contribution in [3.05, 3.63) is 28.0 Å². The van der Waals surface area contributed by atoms with E-state index in [0.29, 0.717) is 16.7 Å². The Labute approximate surface area is 125 Å². The van der Waals surface area contributed by atoms with Gasteiger partial charge in [0, 0.05) is 30.7 Å². The molecule has 0 aromatic heterocycles. The molecule has 1 amide bonds. The number of hydrogen-bond acceptors (Lipinski definition) is 4. The van der Waals surface area contributed by atoms with Gasteiger partial charge in [0.15, 0.2) is 0 Å². The molecule has 1 fully saturated rings. The van der Waals surface area contributed by atoms with Gasteiger partial charge in [-0.05, 0) is 12.1 Å². The van der Waals surface area contributed by atoms with Crippen molar-refractivity contribution >= 4 is 27.5 Å². The van der Waals surface area contributed by atoms with Gasteiger partial charge in [0.1, 0.15) is 5.82 Å². The van der Waals surface area contributed by atoms with E-state index >= 15 is 0 Å². The first-order valence-electron chi connectivity index (χ1n) is 6.41. The van der Waals surface area contributed by atoms with Crippen LogP contribution in [0.25, 0.3) is 0 Å². The summed E-state index contributed by atoms with van der Waals surface area (Å²) in [7, 11) is 0. The number of nitrogens with one attached hydrogen (secondary N) is 1. The fraction of sp³-hybridized carbons (Fsp3) is 0.462. The van der Waals surface area contributed by atoms with Crippen molar-refractivity contribution in [2.75, 3.05) is 44.7 Å². The van der Waals surface area contributed by atoms with Crippen LogP contribution >= 0.6 is 15.9 Å². The molecule has 1 aromatic carbocycles. The van der Waals surface area contributed by atoms with Crippen molar-refractivity contribution in [2.24, 2.45) is 5.73 Å². The van der Waals surface area contributed by atoms with E-state index in [0.717, 1.165) is 32.8 Å². The minimum absolute atomic E-state index is 0.102. The number of carbonyl (C=O) groups is 1. The first-order valence-corrected chi connectivity index (χ1v) is 7.20. The second-order valence-corrected chi connectivity index (χ2v) is 5.47. The fourth-order valence-corrected chi connectivity index (χ4v) is 2.57. The quantitative estimate of drug-likeness (QED) is 0.847. The topological polar surface area (TPSA) is 67.6 Å². The lowest BCUT2D eigenvalue weighted by molar-refractivity contribution is 0.0398. The second kappa shape index (κ2) is 7.01. The molecule has 20 heavy (non-hydrogen) atoms. The standard InChI is InChI=1S/C13H17BrFN3O2/c14-9-7-10(15)12(13(16)19)11(8-9)17-1-2-18-3-5-20-6-4-18/h7-8,17H,1-6H2,(H2,16,19). The van der Waals surface area contributed by atoms with Gasteiger partial charge in [0.2, 0.25) is 0 Å². The summed E-state index contributed by atoms with van der Waals surface area (Å²) >= 11 is 3.21. The Kier molecular flexibility index (Phi) is 5.33. The normalized spacial score (nSPS) is 16.1. The molecular formula is C13H17BrFN3O2. The number of carbonyl (C=O) groups excluding carboxylic acids is 1. The van der Waals surface area contributed by atoms with Gasteiger partial charge < -0.3 is 15.8 Å². The minimum Gasteiger partial charge on any atom is -0.383 e. The number of halogens is 2. The van der Waals surface area contributed by atoms with Gasteiger partial charge in [0.05, 0.1) is 24.5 Å². The molecule has 0 aliphatic carbocycles. The zero-order valence-electron chi connectivity index (χ0n) is 11.0. The van der Waals surface area contributed by atoms with Crippen molar-refractivity contribution in [3.8, 4) is 0 Å². The lowest BCUT2D eigenvalue weighted by Gasteiger charge is -2.26. The lowest BCUT2D eigenvalue weighted by atomic mass is 10.1. The summed E-state index contributed by atoms with van der Waals surface area (Å²) in [4.78, 5) is 13.6. The molecule has 0 saturated carbocycles. The van der Waals surface area contributed by atoms with E-state index in [1.54, 1.807) is 6.07 Å². The smallest absolute Gasteiger partial charge is 0.253 e. The summed E-state index contributed by atoms with van der Waals surface area (Å²) in [5.41, 5.74) is 5.53. The zero-order chi connectivity index (χ0) is 14.5. The highest BCUT2D eigenvalue weighted by Gasteiger charge is 2.16. The van der Waals surface area contributed by atoms with Crippen molar-refractivity contribution in [2.45, 2.75) is 0 Å². The molecule has 1 aliphatic rings. The van der Waals surface area contributed by atoms with Crippen LogP contribution in [0.2, 0.25) is 0 Å². The van der Waals surface area contributed by atoms with Crippen LogP contribution in [0.5, 0.6) is 0 Å². The molecule has 1 saturated heterocycles. The van der Waals surface area contributed by atoms with E-state index in [9.17, 15) is 9.18 Å². The molecule has 110 valence electrons. The minimum atomic E-state index is -0.774. The van der Waals surface area contributed by atoms with Crippen LogP contribution in [0.15, 0.2) is 16.6 Å². The van der Waals surface area contributed by atoms with Crippen LogP contribution in [0, 0.1) is 5.82 Å². The Morgan fingerprint density at radius 1 is 1.45 bits per heavy atom. The zero-order valence-corrected chi connectivity index (χ0v) is 12.6. The Bertz CT molecular complexity index is 493. The lowest BCUT2D eigenvalue weighted by Crippen LogP contribution is -2.39. The third-order valence-electron chi connectivity index (χ3n) is 3.15. The second-order valence-electron chi connectivity index (χ2n) is 4.56. The highest BCUT2D eigenvalue weighted by Crippen LogP contribution is 2.24. The Morgan fingerprint density at radius 3 is 2.80 bits per heavy atom.